The summed E-state index contributed by atoms with van der Waals surface area (Å²) in [7, 11) is 0. The second-order valence-corrected chi connectivity index (χ2v) is 7.13. The number of thiazole rings is 1. The second kappa shape index (κ2) is 5.23. The Balaban J connectivity index is 1.64. The Morgan fingerprint density at radius 2 is 2.21 bits per heavy atom. The molecule has 3 nitrogen and oxygen atoms in total. The maximum atomic E-state index is 12.3. The SMILES string of the molecule is CC(C)c1nc(C(=O)N[C@@H]2CC[C@H]3CCC[C@H]32)cs1. The van der Waals surface area contributed by atoms with Crippen molar-refractivity contribution in [2.24, 2.45) is 11.8 Å². The third-order valence-electron chi connectivity index (χ3n) is 4.65. The Labute approximate surface area is 118 Å². The number of rotatable bonds is 3. The van der Waals surface area contributed by atoms with Crippen molar-refractivity contribution in [3.8, 4) is 0 Å². The molecule has 4 heteroatoms. The first kappa shape index (κ1) is 13.1. The maximum absolute atomic E-state index is 12.3. The van der Waals surface area contributed by atoms with Crippen LogP contribution in [0.25, 0.3) is 0 Å². The van der Waals surface area contributed by atoms with Crippen molar-refractivity contribution in [2.75, 3.05) is 0 Å². The molecule has 0 bridgehead atoms. The van der Waals surface area contributed by atoms with Gasteiger partial charge < -0.3 is 5.32 Å². The Bertz CT molecular complexity index is 468. The molecular weight excluding hydrogens is 256 g/mol. The molecule has 3 rings (SSSR count). The van der Waals surface area contributed by atoms with E-state index in [1.54, 1.807) is 11.3 Å². The predicted molar refractivity (Wildman–Crippen MR) is 77.5 cm³/mol. The summed E-state index contributed by atoms with van der Waals surface area (Å²) < 4.78 is 0. The van der Waals surface area contributed by atoms with E-state index in [4.69, 9.17) is 0 Å². The number of fused-ring (bicyclic) bond motifs is 1. The normalized spacial score (nSPS) is 29.7. The van der Waals surface area contributed by atoms with E-state index in [0.29, 0.717) is 17.7 Å². The van der Waals surface area contributed by atoms with Gasteiger partial charge in [-0.15, -0.1) is 11.3 Å². The highest BCUT2D eigenvalue weighted by atomic mass is 32.1. The number of aromatic nitrogens is 1. The average Bonchev–Trinajstić information content (AvgIpc) is 3.05. The third kappa shape index (κ3) is 2.55. The third-order valence-corrected chi connectivity index (χ3v) is 5.79. The summed E-state index contributed by atoms with van der Waals surface area (Å²) >= 11 is 1.59. The number of nitrogens with zero attached hydrogens (tertiary/aromatic N) is 1. The zero-order valence-corrected chi connectivity index (χ0v) is 12.5. The molecule has 2 saturated carbocycles. The van der Waals surface area contributed by atoms with Crippen LogP contribution >= 0.6 is 11.3 Å². The minimum atomic E-state index is 0.0284. The first-order valence-electron chi connectivity index (χ1n) is 7.41. The Hall–Kier alpha value is -0.900. The minimum Gasteiger partial charge on any atom is -0.348 e. The van der Waals surface area contributed by atoms with Gasteiger partial charge in [-0.3, -0.25) is 4.79 Å². The molecule has 1 heterocycles. The molecule has 0 aromatic carbocycles. The lowest BCUT2D eigenvalue weighted by Crippen LogP contribution is -2.37. The van der Waals surface area contributed by atoms with Crippen LogP contribution in [0.1, 0.15) is 67.4 Å². The van der Waals surface area contributed by atoms with Crippen LogP contribution in [0.15, 0.2) is 5.38 Å². The van der Waals surface area contributed by atoms with E-state index >= 15 is 0 Å². The van der Waals surface area contributed by atoms with Crippen LogP contribution in [0.4, 0.5) is 0 Å². The smallest absolute Gasteiger partial charge is 0.270 e. The van der Waals surface area contributed by atoms with E-state index < -0.39 is 0 Å². The molecule has 1 aromatic heterocycles. The van der Waals surface area contributed by atoms with E-state index in [2.05, 4.69) is 24.1 Å². The molecule has 104 valence electrons. The summed E-state index contributed by atoms with van der Waals surface area (Å²) in [4.78, 5) is 16.7. The van der Waals surface area contributed by atoms with E-state index in [1.165, 1.54) is 25.7 Å². The Morgan fingerprint density at radius 3 is 2.95 bits per heavy atom. The fourth-order valence-corrected chi connectivity index (χ4v) is 4.46. The monoisotopic (exact) mass is 278 g/mol. The lowest BCUT2D eigenvalue weighted by Gasteiger charge is -2.19. The van der Waals surface area contributed by atoms with Crippen LogP contribution in [0.5, 0.6) is 0 Å². The van der Waals surface area contributed by atoms with Crippen molar-refractivity contribution in [3.05, 3.63) is 16.1 Å². The number of hydrogen-bond donors (Lipinski definition) is 1. The Morgan fingerprint density at radius 1 is 1.37 bits per heavy atom. The Kier molecular flexibility index (Phi) is 3.61. The van der Waals surface area contributed by atoms with Gasteiger partial charge in [0.25, 0.3) is 5.91 Å². The van der Waals surface area contributed by atoms with E-state index in [9.17, 15) is 4.79 Å². The van der Waals surface area contributed by atoms with Gasteiger partial charge in [-0.05, 0) is 31.1 Å². The van der Waals surface area contributed by atoms with Crippen LogP contribution in [0, 0.1) is 11.8 Å². The molecule has 2 aliphatic rings. The number of carbonyl (C=O) groups is 1. The van der Waals surface area contributed by atoms with Crippen molar-refractivity contribution in [1.82, 2.24) is 10.3 Å². The van der Waals surface area contributed by atoms with Gasteiger partial charge in [-0.25, -0.2) is 4.98 Å². The minimum absolute atomic E-state index is 0.0284. The van der Waals surface area contributed by atoms with Crippen LogP contribution in [-0.4, -0.2) is 16.9 Å². The van der Waals surface area contributed by atoms with Gasteiger partial charge in [0.1, 0.15) is 5.69 Å². The van der Waals surface area contributed by atoms with E-state index in [1.807, 2.05) is 5.38 Å². The zero-order chi connectivity index (χ0) is 13.4. The number of nitrogens with one attached hydrogen (secondary N) is 1. The maximum Gasteiger partial charge on any atom is 0.270 e. The summed E-state index contributed by atoms with van der Waals surface area (Å²) in [6.07, 6.45) is 6.46. The van der Waals surface area contributed by atoms with Crippen LogP contribution in [-0.2, 0) is 0 Å². The predicted octanol–water partition coefficient (Wildman–Crippen LogP) is 3.58. The quantitative estimate of drug-likeness (QED) is 0.918. The molecule has 2 fully saturated rings. The van der Waals surface area contributed by atoms with Crippen LogP contribution in [0.3, 0.4) is 0 Å². The van der Waals surface area contributed by atoms with Gasteiger partial charge in [0.2, 0.25) is 0 Å². The molecular formula is C15H22N2OS. The highest BCUT2D eigenvalue weighted by Gasteiger charge is 2.39. The lowest BCUT2D eigenvalue weighted by molar-refractivity contribution is 0.0922. The van der Waals surface area contributed by atoms with Gasteiger partial charge in [0.05, 0.1) is 5.01 Å². The standard InChI is InChI=1S/C15H22N2OS/c1-9(2)15-17-13(8-19-15)14(18)16-12-7-6-10-4-3-5-11(10)12/h8-12H,3-7H2,1-2H3,(H,16,18)/t10-,11-,12-/m1/s1. The van der Waals surface area contributed by atoms with Gasteiger partial charge in [0, 0.05) is 17.3 Å². The molecule has 2 aliphatic carbocycles. The van der Waals surface area contributed by atoms with Gasteiger partial charge in [-0.2, -0.15) is 0 Å². The van der Waals surface area contributed by atoms with Crippen molar-refractivity contribution in [2.45, 2.75) is 57.9 Å². The van der Waals surface area contributed by atoms with Gasteiger partial charge >= 0.3 is 0 Å². The highest BCUT2D eigenvalue weighted by Crippen LogP contribution is 2.44. The van der Waals surface area contributed by atoms with Crippen LogP contribution < -0.4 is 5.32 Å². The highest BCUT2D eigenvalue weighted by molar-refractivity contribution is 7.09. The lowest BCUT2D eigenvalue weighted by atomic mass is 9.97. The first-order chi connectivity index (χ1) is 9.15. The molecule has 0 radical (unpaired) electrons. The molecule has 0 aliphatic heterocycles. The number of hydrogen-bond acceptors (Lipinski definition) is 3. The summed E-state index contributed by atoms with van der Waals surface area (Å²) in [6, 6.07) is 0.393. The van der Waals surface area contributed by atoms with Crippen LogP contribution in [0.2, 0.25) is 0 Å². The topological polar surface area (TPSA) is 42.0 Å². The fraction of sp³-hybridized carbons (Fsp3) is 0.733. The summed E-state index contributed by atoms with van der Waals surface area (Å²) in [5.74, 6) is 2.03. The molecule has 0 spiro atoms. The molecule has 19 heavy (non-hydrogen) atoms. The van der Waals surface area contributed by atoms with E-state index in [0.717, 1.165) is 23.3 Å². The van der Waals surface area contributed by atoms with Gasteiger partial charge in [0.15, 0.2) is 0 Å². The summed E-state index contributed by atoms with van der Waals surface area (Å²) in [6.45, 7) is 4.22. The van der Waals surface area contributed by atoms with Gasteiger partial charge in [-0.1, -0.05) is 26.7 Å². The van der Waals surface area contributed by atoms with Crippen molar-refractivity contribution in [3.63, 3.8) is 0 Å². The first-order valence-corrected chi connectivity index (χ1v) is 8.29. The second-order valence-electron chi connectivity index (χ2n) is 6.24. The number of amides is 1. The largest absolute Gasteiger partial charge is 0.348 e. The molecule has 1 N–H and O–H groups in total. The van der Waals surface area contributed by atoms with Crippen molar-refractivity contribution < 1.29 is 4.79 Å². The number of carbonyl (C=O) groups excluding carboxylic acids is 1. The molecule has 0 unspecified atom stereocenters. The molecule has 3 atom stereocenters. The van der Waals surface area contributed by atoms with Crippen molar-refractivity contribution in [1.29, 1.82) is 0 Å². The molecule has 0 saturated heterocycles. The molecule has 1 amide bonds. The zero-order valence-electron chi connectivity index (χ0n) is 11.7. The van der Waals surface area contributed by atoms with Crippen molar-refractivity contribution >= 4 is 17.2 Å². The summed E-state index contributed by atoms with van der Waals surface area (Å²) in [5, 5.41) is 6.17. The van der Waals surface area contributed by atoms with E-state index in [-0.39, 0.29) is 5.91 Å². The average molecular weight is 278 g/mol. The summed E-state index contributed by atoms with van der Waals surface area (Å²) in [5.41, 5.74) is 0.607. The fourth-order valence-electron chi connectivity index (χ4n) is 3.64. The molecule has 1 aromatic rings.